The minimum absolute atomic E-state index is 0.129. The monoisotopic (exact) mass is 507 g/mol. The number of halogens is 4. The number of rotatable bonds is 5. The highest BCUT2D eigenvalue weighted by atomic mass is 35.5. The molecule has 4 aromatic rings. The maximum absolute atomic E-state index is 12.8. The highest BCUT2D eigenvalue weighted by molar-refractivity contribution is 7.89. The smallest absolute Gasteiger partial charge is 0.259 e. The fraction of sp³-hybridized carbons (Fsp3) is 0.150. The van der Waals surface area contributed by atoms with Crippen LogP contribution in [-0.4, -0.2) is 45.1 Å². The number of nitrogens with zero attached hydrogens (tertiary/aromatic N) is 6. The number of hydrogen-bond donors (Lipinski definition) is 1. The molecular weight excluding hydrogens is 495 g/mol. The van der Waals surface area contributed by atoms with Gasteiger partial charge in [-0.15, -0.1) is 0 Å². The van der Waals surface area contributed by atoms with Gasteiger partial charge in [0.2, 0.25) is 16.0 Å². The molecule has 4 aromatic heterocycles. The van der Waals surface area contributed by atoms with Crippen LogP contribution < -0.4 is 4.72 Å². The van der Waals surface area contributed by atoms with E-state index in [0.29, 0.717) is 18.0 Å². The Morgan fingerprint density at radius 2 is 1.85 bits per heavy atom. The fourth-order valence-corrected chi connectivity index (χ4v) is 4.48. The van der Waals surface area contributed by atoms with E-state index in [2.05, 4.69) is 26.0 Å². The Hall–Kier alpha value is -3.60. The number of pyridine rings is 2. The molecule has 0 saturated heterocycles. The molecule has 14 heteroatoms. The summed E-state index contributed by atoms with van der Waals surface area (Å²) in [5.74, 6) is 0.165. The first kappa shape index (κ1) is 23.6. The minimum atomic E-state index is -4.76. The van der Waals surface area contributed by atoms with Crippen molar-refractivity contribution in [3.63, 3.8) is 0 Å². The highest BCUT2D eigenvalue weighted by Gasteiger charge is 2.39. The van der Waals surface area contributed by atoms with Crippen LogP contribution in [0.4, 0.5) is 13.2 Å². The summed E-state index contributed by atoms with van der Waals surface area (Å²) >= 11 is 6.06. The summed E-state index contributed by atoms with van der Waals surface area (Å²) in [5.41, 5.74) is 0.783. The van der Waals surface area contributed by atoms with E-state index < -0.39 is 27.1 Å². The predicted molar refractivity (Wildman–Crippen MR) is 115 cm³/mol. The van der Waals surface area contributed by atoms with E-state index in [0.717, 1.165) is 12.3 Å². The summed E-state index contributed by atoms with van der Waals surface area (Å²) in [6.07, 6.45) is 0.487. The largest absolute Gasteiger partial charge is 0.404 e. The Morgan fingerprint density at radius 1 is 1.15 bits per heavy atom. The van der Waals surface area contributed by atoms with Crippen molar-refractivity contribution in [2.24, 2.45) is 0 Å². The first-order chi connectivity index (χ1) is 16.0. The zero-order valence-electron chi connectivity index (χ0n) is 17.1. The van der Waals surface area contributed by atoms with Crippen LogP contribution in [0.5, 0.6) is 0 Å². The second-order valence-electron chi connectivity index (χ2n) is 7.01. The van der Waals surface area contributed by atoms with Gasteiger partial charge in [0, 0.05) is 30.2 Å². The fourth-order valence-electron chi connectivity index (χ4n) is 3.14. The molecule has 0 aromatic carbocycles. The van der Waals surface area contributed by atoms with Crippen LogP contribution in [0.1, 0.15) is 12.5 Å². The molecule has 0 aliphatic carbocycles. The van der Waals surface area contributed by atoms with Crippen molar-refractivity contribution in [3.05, 3.63) is 59.6 Å². The average molecular weight is 508 g/mol. The van der Waals surface area contributed by atoms with Crippen LogP contribution >= 0.6 is 11.6 Å². The maximum atomic E-state index is 12.8. The Bertz CT molecular complexity index is 1520. The molecular formula is C20H13ClF3N7O2S. The van der Waals surface area contributed by atoms with Gasteiger partial charge in [-0.05, 0) is 31.2 Å². The molecule has 34 heavy (non-hydrogen) atoms. The van der Waals surface area contributed by atoms with Crippen LogP contribution in [0.2, 0.25) is 5.02 Å². The predicted octanol–water partition coefficient (Wildman–Crippen LogP) is 3.63. The molecule has 1 atom stereocenters. The van der Waals surface area contributed by atoms with Gasteiger partial charge in [0.15, 0.2) is 0 Å². The van der Waals surface area contributed by atoms with Crippen molar-refractivity contribution in [3.8, 4) is 23.4 Å². The van der Waals surface area contributed by atoms with Crippen LogP contribution in [-0.2, 0) is 10.0 Å². The third-order valence-corrected chi connectivity index (χ3v) is 6.48. The van der Waals surface area contributed by atoms with Crippen LogP contribution in [0.25, 0.3) is 28.4 Å². The molecule has 1 N–H and O–H groups in total. The van der Waals surface area contributed by atoms with Gasteiger partial charge < -0.3 is 0 Å². The van der Waals surface area contributed by atoms with E-state index in [1.807, 2.05) is 0 Å². The van der Waals surface area contributed by atoms with E-state index in [-0.39, 0.29) is 27.9 Å². The number of nitrogens with one attached hydrogen (secondary N) is 1. The van der Waals surface area contributed by atoms with E-state index in [4.69, 9.17) is 11.6 Å². The van der Waals surface area contributed by atoms with Crippen molar-refractivity contribution < 1.29 is 21.6 Å². The summed E-state index contributed by atoms with van der Waals surface area (Å²) in [6.45, 7) is 0.689. The van der Waals surface area contributed by atoms with E-state index >= 15 is 0 Å². The molecule has 4 heterocycles. The van der Waals surface area contributed by atoms with Gasteiger partial charge in [-0.1, -0.05) is 11.6 Å². The van der Waals surface area contributed by atoms with Gasteiger partial charge in [0.05, 0.1) is 22.0 Å². The van der Waals surface area contributed by atoms with Gasteiger partial charge in [-0.2, -0.15) is 23.2 Å². The van der Waals surface area contributed by atoms with Gasteiger partial charge in [-0.25, -0.2) is 23.4 Å². The summed E-state index contributed by atoms with van der Waals surface area (Å²) in [5, 5.41) is 10.5. The average Bonchev–Trinajstić information content (AvgIpc) is 3.12. The second-order valence-corrected chi connectivity index (χ2v) is 9.16. The SMILES string of the molecule is C[C@H](NS(=O)(=O)c1ccc(-c2c(C#N)c3cc(Cl)cnc3n2-c2ncccn2)nc1)C(F)(F)F. The van der Waals surface area contributed by atoms with Crippen molar-refractivity contribution >= 4 is 32.7 Å². The van der Waals surface area contributed by atoms with E-state index in [9.17, 15) is 26.9 Å². The third kappa shape index (κ3) is 4.30. The van der Waals surface area contributed by atoms with Gasteiger partial charge in [0.25, 0.3) is 0 Å². The first-order valence-electron chi connectivity index (χ1n) is 9.46. The quantitative estimate of drug-likeness (QED) is 0.437. The molecule has 0 aliphatic rings. The van der Waals surface area contributed by atoms with Crippen LogP contribution in [0, 0.1) is 11.3 Å². The number of fused-ring (bicyclic) bond motifs is 1. The van der Waals surface area contributed by atoms with Crippen LogP contribution in [0.3, 0.4) is 0 Å². The zero-order valence-corrected chi connectivity index (χ0v) is 18.7. The maximum Gasteiger partial charge on any atom is 0.404 e. The van der Waals surface area contributed by atoms with Crippen LogP contribution in [0.15, 0.2) is 53.9 Å². The number of nitriles is 1. The molecule has 0 aliphatic heterocycles. The molecule has 0 unspecified atom stereocenters. The summed E-state index contributed by atoms with van der Waals surface area (Å²) in [4.78, 5) is 16.3. The summed E-state index contributed by atoms with van der Waals surface area (Å²) in [7, 11) is -4.51. The topological polar surface area (TPSA) is 126 Å². The minimum Gasteiger partial charge on any atom is -0.259 e. The number of aromatic nitrogens is 5. The van der Waals surface area contributed by atoms with Crippen molar-refractivity contribution in [1.82, 2.24) is 29.2 Å². The molecule has 0 saturated carbocycles. The molecule has 174 valence electrons. The Kier molecular flexibility index (Phi) is 5.98. The number of hydrogen-bond acceptors (Lipinski definition) is 7. The summed E-state index contributed by atoms with van der Waals surface area (Å²) < 4.78 is 66.2. The number of sulfonamides is 1. The molecule has 0 bridgehead atoms. The molecule has 9 nitrogen and oxygen atoms in total. The van der Waals surface area contributed by atoms with Gasteiger partial charge >= 0.3 is 6.18 Å². The molecule has 4 rings (SSSR count). The third-order valence-electron chi connectivity index (χ3n) is 4.75. The lowest BCUT2D eigenvalue weighted by atomic mass is 10.1. The normalized spacial score (nSPS) is 13.1. The van der Waals surface area contributed by atoms with Gasteiger partial charge in [-0.3, -0.25) is 9.55 Å². The molecule has 0 radical (unpaired) electrons. The van der Waals surface area contributed by atoms with Gasteiger partial charge in [0.1, 0.15) is 22.7 Å². The Labute approximate surface area is 195 Å². The Morgan fingerprint density at radius 3 is 2.44 bits per heavy atom. The Balaban J connectivity index is 1.87. The van der Waals surface area contributed by atoms with Crippen molar-refractivity contribution in [2.45, 2.75) is 24.0 Å². The van der Waals surface area contributed by atoms with E-state index in [1.54, 1.807) is 10.8 Å². The van der Waals surface area contributed by atoms with Crippen molar-refractivity contribution in [2.75, 3.05) is 0 Å². The lowest BCUT2D eigenvalue weighted by Crippen LogP contribution is -2.42. The molecule has 0 fully saturated rings. The standard InChI is InChI=1S/C20H13ClF3N7O2S/c1-11(20(22,23)24)30-34(32,33)13-3-4-16(28-10-13)17-15(8-25)14-7-12(21)9-29-18(14)31(17)19-26-5-2-6-27-19/h2-7,9-11,30H,1H3/t11-/m0/s1. The lowest BCUT2D eigenvalue weighted by molar-refractivity contribution is -0.147. The molecule has 0 amide bonds. The number of alkyl halides is 3. The highest BCUT2D eigenvalue weighted by Crippen LogP contribution is 2.34. The lowest BCUT2D eigenvalue weighted by Gasteiger charge is -2.17. The van der Waals surface area contributed by atoms with Crippen molar-refractivity contribution in [1.29, 1.82) is 5.26 Å². The van der Waals surface area contributed by atoms with E-state index in [1.165, 1.54) is 35.3 Å². The molecule has 0 spiro atoms. The summed E-state index contributed by atoms with van der Waals surface area (Å²) in [6, 6.07) is 5.26. The second kappa shape index (κ2) is 8.64. The first-order valence-corrected chi connectivity index (χ1v) is 11.3. The zero-order chi connectivity index (χ0) is 24.7.